The first kappa shape index (κ1) is 20.4. The molecule has 0 radical (unpaired) electrons. The topological polar surface area (TPSA) is 142 Å². The number of carbonyl (C=O) groups excluding carboxylic acids is 2. The first-order chi connectivity index (χ1) is 13.8. The molecule has 1 saturated heterocycles. The van der Waals surface area contributed by atoms with Gasteiger partial charge in [-0.15, -0.1) is 0 Å². The predicted molar refractivity (Wildman–Crippen MR) is 101 cm³/mol. The number of carbonyl (C=O) groups is 3. The molecule has 11 heteroatoms. The van der Waals surface area contributed by atoms with Gasteiger partial charge in [0.15, 0.2) is 5.41 Å². The molecule has 1 aromatic rings. The second-order valence-electron chi connectivity index (χ2n) is 6.96. The number of nitro benzene ring substituents is 1. The van der Waals surface area contributed by atoms with Crippen LogP contribution in [-0.2, 0) is 20.7 Å². The molecule has 2 amide bonds. The summed E-state index contributed by atoms with van der Waals surface area (Å²) in [6, 6.07) is 3.37. The highest BCUT2D eigenvalue weighted by atomic mass is 16.6. The Morgan fingerprint density at radius 1 is 1.38 bits per heavy atom. The van der Waals surface area contributed by atoms with Gasteiger partial charge < -0.3 is 25.0 Å². The molecular weight excluding hydrogens is 384 g/mol. The molecule has 0 aliphatic carbocycles. The molecule has 2 heterocycles. The number of hydrogen-bond acceptors (Lipinski definition) is 7. The Balaban J connectivity index is 2.12. The molecule has 0 unspecified atom stereocenters. The number of aliphatic carboxylic acids is 1. The van der Waals surface area contributed by atoms with Crippen molar-refractivity contribution in [3.63, 3.8) is 0 Å². The second kappa shape index (κ2) is 7.57. The zero-order valence-corrected chi connectivity index (χ0v) is 16.1. The first-order valence-electron chi connectivity index (χ1n) is 9.17. The maximum Gasteiger partial charge on any atom is 0.409 e. The summed E-state index contributed by atoms with van der Waals surface area (Å²) in [5.74, 6) is -2.07. The van der Waals surface area contributed by atoms with Crippen LogP contribution in [0.2, 0.25) is 0 Å². The largest absolute Gasteiger partial charge is 0.480 e. The van der Waals surface area contributed by atoms with Gasteiger partial charge >= 0.3 is 12.1 Å². The van der Waals surface area contributed by atoms with Crippen molar-refractivity contribution in [2.24, 2.45) is 5.41 Å². The highest BCUT2D eigenvalue weighted by molar-refractivity contribution is 6.04. The maximum absolute atomic E-state index is 12.8. The molecule has 0 bridgehead atoms. The van der Waals surface area contributed by atoms with E-state index in [1.54, 1.807) is 17.9 Å². The van der Waals surface area contributed by atoms with E-state index in [9.17, 15) is 29.6 Å². The zero-order chi connectivity index (χ0) is 21.3. The molecule has 0 saturated carbocycles. The van der Waals surface area contributed by atoms with Crippen LogP contribution >= 0.6 is 0 Å². The first-order valence-corrected chi connectivity index (χ1v) is 9.17. The van der Waals surface area contributed by atoms with Gasteiger partial charge in [-0.05, 0) is 18.6 Å². The van der Waals surface area contributed by atoms with E-state index in [1.807, 2.05) is 0 Å². The molecule has 2 N–H and O–H groups in total. The van der Waals surface area contributed by atoms with Crippen LogP contribution in [0.5, 0.6) is 0 Å². The van der Waals surface area contributed by atoms with E-state index in [-0.39, 0.29) is 38.3 Å². The molecule has 0 spiro atoms. The van der Waals surface area contributed by atoms with Gasteiger partial charge in [0.05, 0.1) is 17.6 Å². The number of piperazine rings is 1. The van der Waals surface area contributed by atoms with Crippen molar-refractivity contribution < 1.29 is 29.2 Å². The molecule has 1 fully saturated rings. The van der Waals surface area contributed by atoms with Crippen LogP contribution in [0.3, 0.4) is 0 Å². The number of anilines is 1. The Hall–Kier alpha value is -3.37. The number of carboxylic acid groups (broad SMARTS) is 1. The van der Waals surface area contributed by atoms with Gasteiger partial charge in [0, 0.05) is 50.9 Å². The fourth-order valence-corrected chi connectivity index (χ4v) is 4.17. The summed E-state index contributed by atoms with van der Waals surface area (Å²) in [6.07, 6.45) is -0.797. The minimum atomic E-state index is -1.91. The van der Waals surface area contributed by atoms with E-state index in [4.69, 9.17) is 4.74 Å². The summed E-state index contributed by atoms with van der Waals surface area (Å²) >= 11 is 0. The van der Waals surface area contributed by atoms with Crippen LogP contribution in [0.4, 0.5) is 16.2 Å². The van der Waals surface area contributed by atoms with E-state index >= 15 is 0 Å². The van der Waals surface area contributed by atoms with Crippen molar-refractivity contribution in [2.45, 2.75) is 19.4 Å². The third kappa shape index (κ3) is 3.22. The predicted octanol–water partition coefficient (Wildman–Crippen LogP) is 0.615. The average Bonchev–Trinajstić information content (AvgIpc) is 2.71. The summed E-state index contributed by atoms with van der Waals surface area (Å²) in [7, 11) is 1.34. The fraction of sp³-hybridized carbons (Fsp3) is 0.500. The Morgan fingerprint density at radius 2 is 2.10 bits per heavy atom. The number of fused-ring (bicyclic) bond motifs is 3. The minimum Gasteiger partial charge on any atom is -0.480 e. The molecular formula is C18H22N4O7. The number of ether oxygens (including phenoxy) is 1. The van der Waals surface area contributed by atoms with Gasteiger partial charge in [0.1, 0.15) is 0 Å². The van der Waals surface area contributed by atoms with E-state index in [2.05, 4.69) is 5.32 Å². The zero-order valence-electron chi connectivity index (χ0n) is 16.1. The molecule has 29 heavy (non-hydrogen) atoms. The lowest BCUT2D eigenvalue weighted by Crippen LogP contribution is -2.69. The van der Waals surface area contributed by atoms with Gasteiger partial charge in [-0.1, -0.05) is 0 Å². The third-order valence-electron chi connectivity index (χ3n) is 5.54. The summed E-state index contributed by atoms with van der Waals surface area (Å²) in [4.78, 5) is 51.2. The molecule has 2 aliphatic heterocycles. The number of nitro groups is 1. The maximum atomic E-state index is 12.8. The number of non-ortho nitro benzene ring substituents is 1. The number of nitrogens with one attached hydrogen (secondary N) is 1. The van der Waals surface area contributed by atoms with Crippen LogP contribution in [-0.4, -0.2) is 72.2 Å². The molecule has 3 rings (SSSR count). The van der Waals surface area contributed by atoms with Crippen molar-refractivity contribution >= 4 is 29.3 Å². The van der Waals surface area contributed by atoms with Gasteiger partial charge in [-0.25, -0.2) is 4.79 Å². The van der Waals surface area contributed by atoms with E-state index in [1.165, 1.54) is 24.1 Å². The lowest BCUT2D eigenvalue weighted by atomic mass is 9.69. The number of nitrogens with zero attached hydrogens (tertiary/aromatic N) is 3. The minimum absolute atomic E-state index is 0.0189. The Labute approximate surface area is 166 Å². The second-order valence-corrected chi connectivity index (χ2v) is 6.96. The lowest BCUT2D eigenvalue weighted by Gasteiger charge is -2.52. The van der Waals surface area contributed by atoms with Crippen LogP contribution in [0, 0.1) is 15.5 Å². The summed E-state index contributed by atoms with van der Waals surface area (Å²) in [5, 5.41) is 23.7. The Bertz CT molecular complexity index is 874. The molecule has 2 aliphatic rings. The van der Waals surface area contributed by atoms with Crippen LogP contribution in [0.1, 0.15) is 12.5 Å². The van der Waals surface area contributed by atoms with Gasteiger partial charge in [0.25, 0.3) is 5.69 Å². The molecule has 1 aromatic carbocycles. The van der Waals surface area contributed by atoms with E-state index in [0.717, 1.165) is 0 Å². The summed E-state index contributed by atoms with van der Waals surface area (Å²) < 4.78 is 5.03. The number of rotatable bonds is 4. The highest BCUT2D eigenvalue weighted by Gasteiger charge is 2.59. The standard InChI is InChI=1S/C18H22N4O7/c1-3-29-17(26)20-6-7-21-13-5-4-12(22(27)28)8-11(13)9-18(16(24)25,14(21)10-20)15(23)19-2/h4-5,8,14H,3,6-7,9-10H2,1-2H3,(H,19,23)(H,24,25)/t14-,18-/m1/s1. The SMILES string of the molecule is CCOC(=O)N1CCN2c3ccc([N+](=O)[O-])cc3C[C@](C(=O)O)(C(=O)NC)[C@H]2C1. The van der Waals surface area contributed by atoms with Crippen LogP contribution in [0.15, 0.2) is 18.2 Å². The molecule has 0 aromatic heterocycles. The third-order valence-corrected chi connectivity index (χ3v) is 5.54. The van der Waals surface area contributed by atoms with Crippen molar-refractivity contribution in [1.29, 1.82) is 0 Å². The van der Waals surface area contributed by atoms with E-state index in [0.29, 0.717) is 11.3 Å². The Kier molecular flexibility index (Phi) is 5.31. The number of amides is 2. The van der Waals surface area contributed by atoms with Crippen molar-refractivity contribution in [1.82, 2.24) is 10.2 Å². The smallest absolute Gasteiger partial charge is 0.409 e. The van der Waals surface area contributed by atoms with Crippen molar-refractivity contribution in [3.05, 3.63) is 33.9 Å². The normalized spacial score (nSPS) is 22.9. The van der Waals surface area contributed by atoms with Crippen molar-refractivity contribution in [2.75, 3.05) is 38.2 Å². The summed E-state index contributed by atoms with van der Waals surface area (Å²) in [5.41, 5.74) is -1.05. The lowest BCUT2D eigenvalue weighted by molar-refractivity contribution is -0.384. The number of carboxylic acids is 1. The van der Waals surface area contributed by atoms with Gasteiger partial charge in [-0.2, -0.15) is 0 Å². The Morgan fingerprint density at radius 3 is 2.69 bits per heavy atom. The highest BCUT2D eigenvalue weighted by Crippen LogP contribution is 2.44. The summed E-state index contributed by atoms with van der Waals surface area (Å²) in [6.45, 7) is 2.37. The number of benzene rings is 1. The molecule has 2 atom stereocenters. The monoisotopic (exact) mass is 406 g/mol. The molecule has 11 nitrogen and oxygen atoms in total. The average molecular weight is 406 g/mol. The van der Waals surface area contributed by atoms with Gasteiger partial charge in [0.2, 0.25) is 5.91 Å². The van der Waals surface area contributed by atoms with Crippen LogP contribution < -0.4 is 10.2 Å². The van der Waals surface area contributed by atoms with Crippen LogP contribution in [0.25, 0.3) is 0 Å². The quantitative estimate of drug-likeness (QED) is 0.421. The number of hydrogen-bond donors (Lipinski definition) is 2. The molecule has 156 valence electrons. The van der Waals surface area contributed by atoms with Crippen molar-refractivity contribution in [3.8, 4) is 0 Å². The van der Waals surface area contributed by atoms with Gasteiger partial charge in [-0.3, -0.25) is 19.7 Å². The fourth-order valence-electron chi connectivity index (χ4n) is 4.17. The van der Waals surface area contributed by atoms with E-state index < -0.39 is 34.3 Å².